The molecule has 1 atom stereocenters. The highest BCUT2D eigenvalue weighted by Crippen LogP contribution is 2.24. The lowest BCUT2D eigenvalue weighted by Gasteiger charge is -2.11. The fourth-order valence-corrected chi connectivity index (χ4v) is 2.93. The number of rotatable bonds is 6. The van der Waals surface area contributed by atoms with E-state index in [0.717, 1.165) is 27.7 Å². The van der Waals surface area contributed by atoms with E-state index < -0.39 is 0 Å². The number of carbonyl (C=O) groups excluding carboxylic acids is 2. The van der Waals surface area contributed by atoms with Crippen LogP contribution in [0.15, 0.2) is 53.4 Å². The Labute approximate surface area is 157 Å². The summed E-state index contributed by atoms with van der Waals surface area (Å²) in [6.45, 7) is 3.74. The molecule has 2 aromatic carbocycles. The van der Waals surface area contributed by atoms with Gasteiger partial charge in [0.2, 0.25) is 5.91 Å². The van der Waals surface area contributed by atoms with E-state index in [1.54, 1.807) is 23.9 Å². The molecule has 25 heavy (non-hydrogen) atoms. The van der Waals surface area contributed by atoms with Gasteiger partial charge in [-0.3, -0.25) is 20.4 Å². The van der Waals surface area contributed by atoms with E-state index in [1.807, 2.05) is 50.2 Å². The molecule has 0 aliphatic rings. The molecule has 2 N–H and O–H groups in total. The smallest absolute Gasteiger partial charge is 0.269 e. The van der Waals surface area contributed by atoms with Crippen LogP contribution in [0.1, 0.15) is 36.2 Å². The number of nitrogens with one attached hydrogen (secondary N) is 2. The third kappa shape index (κ3) is 6.11. The second-order valence-corrected chi connectivity index (χ2v) is 7.18. The lowest BCUT2D eigenvalue weighted by molar-refractivity contribution is -0.125. The van der Waals surface area contributed by atoms with Crippen molar-refractivity contribution >= 4 is 35.2 Å². The molecule has 0 aliphatic heterocycles. The Kier molecular flexibility index (Phi) is 7.34. The van der Waals surface area contributed by atoms with Crippen LogP contribution in [0.25, 0.3) is 0 Å². The third-order valence-corrected chi connectivity index (χ3v) is 5.13. The number of carbonyl (C=O) groups is 2. The molecule has 2 aromatic rings. The molecule has 0 spiro atoms. The fourth-order valence-electron chi connectivity index (χ4n) is 1.95. The van der Waals surface area contributed by atoms with Crippen LogP contribution < -0.4 is 10.9 Å². The Bertz CT molecular complexity index is 717. The Morgan fingerprint density at radius 3 is 2.28 bits per heavy atom. The van der Waals surface area contributed by atoms with E-state index in [4.69, 9.17) is 11.6 Å². The molecule has 0 radical (unpaired) electrons. The predicted molar refractivity (Wildman–Crippen MR) is 103 cm³/mol. The fraction of sp³-hybridized carbons (Fsp3) is 0.263. The standard InChI is InChI=1S/C19H21ClN2O2S/c1-3-13(2)18(23)21-22-19(24)15-6-4-14(5-7-15)12-25-17-10-8-16(20)9-11-17/h4-11,13H,3,12H2,1-2H3,(H,21,23)(H,22,24). The number of amides is 2. The van der Waals surface area contributed by atoms with Crippen molar-refractivity contribution in [2.45, 2.75) is 30.9 Å². The van der Waals surface area contributed by atoms with Crippen molar-refractivity contribution in [3.63, 3.8) is 0 Å². The number of halogens is 1. The van der Waals surface area contributed by atoms with Crippen molar-refractivity contribution in [3.8, 4) is 0 Å². The molecule has 6 heteroatoms. The molecule has 1 unspecified atom stereocenters. The maximum absolute atomic E-state index is 12.0. The van der Waals surface area contributed by atoms with Gasteiger partial charge in [-0.2, -0.15) is 0 Å². The van der Waals surface area contributed by atoms with Gasteiger partial charge in [0.25, 0.3) is 5.91 Å². The molecule has 132 valence electrons. The van der Waals surface area contributed by atoms with Crippen molar-refractivity contribution in [2.24, 2.45) is 5.92 Å². The first-order valence-electron chi connectivity index (χ1n) is 8.07. The van der Waals surface area contributed by atoms with Crippen LogP contribution in [-0.2, 0) is 10.5 Å². The van der Waals surface area contributed by atoms with Crippen LogP contribution in [0, 0.1) is 5.92 Å². The summed E-state index contributed by atoms with van der Waals surface area (Å²) in [5.41, 5.74) is 6.50. The molecule has 0 saturated carbocycles. The third-order valence-electron chi connectivity index (χ3n) is 3.79. The number of hydrogen-bond acceptors (Lipinski definition) is 3. The lowest BCUT2D eigenvalue weighted by atomic mass is 10.1. The highest BCUT2D eigenvalue weighted by atomic mass is 35.5. The molecule has 0 aromatic heterocycles. The Hall–Kier alpha value is -1.98. The van der Waals surface area contributed by atoms with Gasteiger partial charge in [-0.1, -0.05) is 37.6 Å². The zero-order valence-corrected chi connectivity index (χ0v) is 15.8. The van der Waals surface area contributed by atoms with Gasteiger partial charge >= 0.3 is 0 Å². The molecular weight excluding hydrogens is 356 g/mol. The first kappa shape index (κ1) is 19.3. The van der Waals surface area contributed by atoms with Crippen LogP contribution in [0.3, 0.4) is 0 Å². The van der Waals surface area contributed by atoms with Gasteiger partial charge in [0.05, 0.1) is 0 Å². The van der Waals surface area contributed by atoms with Crippen LogP contribution in [-0.4, -0.2) is 11.8 Å². The monoisotopic (exact) mass is 376 g/mol. The van der Waals surface area contributed by atoms with E-state index in [1.165, 1.54) is 0 Å². The lowest BCUT2D eigenvalue weighted by Crippen LogP contribution is -2.43. The van der Waals surface area contributed by atoms with Gasteiger partial charge in [-0.25, -0.2) is 0 Å². The van der Waals surface area contributed by atoms with Crippen molar-refractivity contribution in [1.82, 2.24) is 10.9 Å². The van der Waals surface area contributed by atoms with Crippen molar-refractivity contribution in [2.75, 3.05) is 0 Å². The number of benzene rings is 2. The van der Waals surface area contributed by atoms with Crippen LogP contribution >= 0.6 is 23.4 Å². The first-order valence-corrected chi connectivity index (χ1v) is 9.43. The Morgan fingerprint density at radius 1 is 1.04 bits per heavy atom. The second-order valence-electron chi connectivity index (χ2n) is 5.69. The highest BCUT2D eigenvalue weighted by Gasteiger charge is 2.12. The minimum Gasteiger partial charge on any atom is -0.273 e. The summed E-state index contributed by atoms with van der Waals surface area (Å²) < 4.78 is 0. The van der Waals surface area contributed by atoms with Crippen LogP contribution in [0.2, 0.25) is 5.02 Å². The Balaban J connectivity index is 1.85. The molecule has 0 heterocycles. The highest BCUT2D eigenvalue weighted by molar-refractivity contribution is 7.98. The quantitative estimate of drug-likeness (QED) is 0.578. The summed E-state index contributed by atoms with van der Waals surface area (Å²) in [4.78, 5) is 24.8. The summed E-state index contributed by atoms with van der Waals surface area (Å²) in [5, 5.41) is 0.722. The van der Waals surface area contributed by atoms with E-state index in [-0.39, 0.29) is 17.7 Å². The van der Waals surface area contributed by atoms with Crippen molar-refractivity contribution in [3.05, 3.63) is 64.7 Å². The van der Waals surface area contributed by atoms with E-state index in [0.29, 0.717) is 5.56 Å². The molecule has 2 rings (SSSR count). The average Bonchev–Trinajstić information content (AvgIpc) is 2.65. The molecule has 0 fully saturated rings. The SMILES string of the molecule is CCC(C)C(=O)NNC(=O)c1ccc(CSc2ccc(Cl)cc2)cc1. The normalized spacial score (nSPS) is 11.6. The number of hydrazine groups is 1. The largest absolute Gasteiger partial charge is 0.273 e. The molecule has 2 amide bonds. The van der Waals surface area contributed by atoms with Crippen molar-refractivity contribution in [1.29, 1.82) is 0 Å². The van der Waals surface area contributed by atoms with Crippen LogP contribution in [0.5, 0.6) is 0 Å². The Morgan fingerprint density at radius 2 is 1.68 bits per heavy atom. The maximum Gasteiger partial charge on any atom is 0.269 e. The van der Waals surface area contributed by atoms with Gasteiger partial charge in [-0.05, 0) is 48.4 Å². The van der Waals surface area contributed by atoms with Crippen LogP contribution in [0.4, 0.5) is 0 Å². The van der Waals surface area contributed by atoms with Gasteiger partial charge in [0, 0.05) is 27.2 Å². The van der Waals surface area contributed by atoms with E-state index >= 15 is 0 Å². The molecular formula is C19H21ClN2O2S. The zero-order chi connectivity index (χ0) is 18.2. The van der Waals surface area contributed by atoms with Gasteiger partial charge in [-0.15, -0.1) is 11.8 Å². The van der Waals surface area contributed by atoms with E-state index in [9.17, 15) is 9.59 Å². The summed E-state index contributed by atoms with van der Waals surface area (Å²) >= 11 is 7.57. The zero-order valence-electron chi connectivity index (χ0n) is 14.2. The topological polar surface area (TPSA) is 58.2 Å². The number of hydrogen-bond donors (Lipinski definition) is 2. The van der Waals surface area contributed by atoms with Crippen molar-refractivity contribution < 1.29 is 9.59 Å². The number of thioether (sulfide) groups is 1. The maximum atomic E-state index is 12.0. The van der Waals surface area contributed by atoms with E-state index in [2.05, 4.69) is 10.9 Å². The molecule has 0 bridgehead atoms. The summed E-state index contributed by atoms with van der Waals surface area (Å²) in [6.07, 6.45) is 0.724. The molecule has 4 nitrogen and oxygen atoms in total. The summed E-state index contributed by atoms with van der Waals surface area (Å²) in [7, 11) is 0. The predicted octanol–water partition coefficient (Wildman–Crippen LogP) is 4.44. The summed E-state index contributed by atoms with van der Waals surface area (Å²) in [6, 6.07) is 15.0. The minimum absolute atomic E-state index is 0.132. The van der Waals surface area contributed by atoms with Gasteiger partial charge in [0.1, 0.15) is 0 Å². The average molecular weight is 377 g/mol. The minimum atomic E-state index is -0.325. The second kappa shape index (κ2) is 9.49. The molecule has 0 aliphatic carbocycles. The van der Waals surface area contributed by atoms with Gasteiger partial charge in [0.15, 0.2) is 0 Å². The molecule has 0 saturated heterocycles. The van der Waals surface area contributed by atoms with Gasteiger partial charge < -0.3 is 0 Å². The first-order chi connectivity index (χ1) is 12.0. The summed E-state index contributed by atoms with van der Waals surface area (Å²) in [5.74, 6) is 0.154.